The molecule has 0 aliphatic carbocycles. The summed E-state index contributed by atoms with van der Waals surface area (Å²) in [6, 6.07) is 0. The molecule has 0 aromatic rings. The summed E-state index contributed by atoms with van der Waals surface area (Å²) < 4.78 is 21.6. The van der Waals surface area contributed by atoms with Gasteiger partial charge in [0.2, 0.25) is 0 Å². The van der Waals surface area contributed by atoms with E-state index in [1.807, 2.05) is 0 Å². The minimum atomic E-state index is -2.97. The molecule has 0 amide bonds. The Morgan fingerprint density at radius 3 is 2.38 bits per heavy atom. The lowest BCUT2D eigenvalue weighted by molar-refractivity contribution is 0.0488. The topological polar surface area (TPSA) is 54.4 Å². The molecule has 0 aliphatic heterocycles. The summed E-state index contributed by atoms with van der Waals surface area (Å²) in [4.78, 5) is 0. The van der Waals surface area contributed by atoms with Gasteiger partial charge in [-0.15, -0.1) is 6.58 Å². The van der Waals surface area contributed by atoms with E-state index in [0.717, 1.165) is 0 Å². The molecule has 4 heteroatoms. The first-order valence-corrected chi connectivity index (χ1v) is 6.34. The van der Waals surface area contributed by atoms with Gasteiger partial charge in [-0.1, -0.05) is 6.08 Å². The Bertz CT molecular complexity index is 252. The second kappa shape index (κ2) is 4.77. The minimum absolute atomic E-state index is 0.0388. The zero-order valence-corrected chi connectivity index (χ0v) is 9.10. The predicted molar refractivity (Wildman–Crippen MR) is 54.4 cm³/mol. The Hall–Kier alpha value is -0.350. The monoisotopic (exact) mass is 206 g/mol. The lowest BCUT2D eigenvalue weighted by Crippen LogP contribution is -2.27. The third-order valence-electron chi connectivity index (χ3n) is 1.90. The second-order valence-electron chi connectivity index (χ2n) is 3.70. The largest absolute Gasteiger partial charge is 0.390 e. The molecule has 0 saturated heterocycles. The number of rotatable bonds is 6. The highest BCUT2D eigenvalue weighted by atomic mass is 32.2. The van der Waals surface area contributed by atoms with Crippen LogP contribution in [-0.4, -0.2) is 31.1 Å². The van der Waals surface area contributed by atoms with Crippen LogP contribution in [0.4, 0.5) is 0 Å². The fraction of sp³-hybridized carbons (Fsp3) is 0.778. The van der Waals surface area contributed by atoms with Crippen molar-refractivity contribution >= 4 is 9.84 Å². The molecule has 78 valence electrons. The third-order valence-corrected chi connectivity index (χ3v) is 2.84. The standard InChI is InChI=1S/C9H18O3S/c1-4-5-6-9(2,10)7-8-13(3,11)12/h4,10H,1,5-8H2,2-3H3. The number of aliphatic hydroxyl groups is 1. The number of sulfone groups is 1. The van der Waals surface area contributed by atoms with Gasteiger partial charge in [-0.3, -0.25) is 0 Å². The first kappa shape index (κ1) is 12.7. The minimum Gasteiger partial charge on any atom is -0.390 e. The Morgan fingerprint density at radius 2 is 2.00 bits per heavy atom. The smallest absolute Gasteiger partial charge is 0.147 e. The molecule has 0 saturated carbocycles. The maximum Gasteiger partial charge on any atom is 0.147 e. The molecule has 0 bridgehead atoms. The molecule has 0 rings (SSSR count). The Balaban J connectivity index is 3.95. The van der Waals surface area contributed by atoms with Crippen molar-refractivity contribution in [2.75, 3.05) is 12.0 Å². The van der Waals surface area contributed by atoms with E-state index in [4.69, 9.17) is 0 Å². The van der Waals surface area contributed by atoms with Gasteiger partial charge in [0.1, 0.15) is 9.84 Å². The van der Waals surface area contributed by atoms with E-state index in [0.29, 0.717) is 19.3 Å². The Kier molecular flexibility index (Phi) is 4.64. The first-order chi connectivity index (χ1) is 5.77. The van der Waals surface area contributed by atoms with Crippen molar-refractivity contribution in [3.63, 3.8) is 0 Å². The number of hydrogen-bond acceptors (Lipinski definition) is 3. The van der Waals surface area contributed by atoms with Gasteiger partial charge < -0.3 is 5.11 Å². The molecule has 0 fully saturated rings. The van der Waals surface area contributed by atoms with E-state index in [2.05, 4.69) is 6.58 Å². The van der Waals surface area contributed by atoms with E-state index in [1.165, 1.54) is 6.26 Å². The van der Waals surface area contributed by atoms with E-state index in [1.54, 1.807) is 13.0 Å². The molecule has 13 heavy (non-hydrogen) atoms. The summed E-state index contributed by atoms with van der Waals surface area (Å²) in [5.41, 5.74) is -0.892. The normalized spacial score (nSPS) is 16.5. The summed E-state index contributed by atoms with van der Waals surface area (Å²) >= 11 is 0. The number of allylic oxidation sites excluding steroid dienone is 1. The van der Waals surface area contributed by atoms with Crippen LogP contribution in [0.1, 0.15) is 26.2 Å². The van der Waals surface area contributed by atoms with Crippen molar-refractivity contribution in [3.8, 4) is 0 Å². The van der Waals surface area contributed by atoms with E-state index in [-0.39, 0.29) is 5.75 Å². The van der Waals surface area contributed by atoms with Crippen LogP contribution in [-0.2, 0) is 9.84 Å². The lowest BCUT2D eigenvalue weighted by atomic mass is 9.97. The molecule has 1 N–H and O–H groups in total. The van der Waals surface area contributed by atoms with Crippen molar-refractivity contribution in [2.45, 2.75) is 31.8 Å². The van der Waals surface area contributed by atoms with Crippen LogP contribution in [0.15, 0.2) is 12.7 Å². The fourth-order valence-electron chi connectivity index (χ4n) is 0.943. The van der Waals surface area contributed by atoms with Gasteiger partial charge in [-0.25, -0.2) is 8.42 Å². The van der Waals surface area contributed by atoms with Gasteiger partial charge in [-0.2, -0.15) is 0 Å². The molecule has 3 nitrogen and oxygen atoms in total. The summed E-state index contributed by atoms with van der Waals surface area (Å²) in [6.07, 6.45) is 4.45. The van der Waals surface area contributed by atoms with E-state index in [9.17, 15) is 13.5 Å². The molecule has 0 aliphatic rings. The fourth-order valence-corrected chi connectivity index (χ4v) is 1.75. The van der Waals surface area contributed by atoms with E-state index >= 15 is 0 Å². The molecule has 0 spiro atoms. The van der Waals surface area contributed by atoms with Gasteiger partial charge in [0.25, 0.3) is 0 Å². The maximum absolute atomic E-state index is 10.8. The van der Waals surface area contributed by atoms with Gasteiger partial charge in [0, 0.05) is 6.26 Å². The van der Waals surface area contributed by atoms with Crippen LogP contribution >= 0.6 is 0 Å². The van der Waals surface area contributed by atoms with Gasteiger partial charge in [-0.05, 0) is 26.2 Å². The number of hydrogen-bond donors (Lipinski definition) is 1. The van der Waals surface area contributed by atoms with Crippen molar-refractivity contribution in [2.24, 2.45) is 0 Å². The van der Waals surface area contributed by atoms with Crippen molar-refractivity contribution in [3.05, 3.63) is 12.7 Å². The molecule has 0 aromatic heterocycles. The van der Waals surface area contributed by atoms with Crippen LogP contribution < -0.4 is 0 Å². The lowest BCUT2D eigenvalue weighted by Gasteiger charge is -2.21. The molecular formula is C9H18O3S. The van der Waals surface area contributed by atoms with Crippen molar-refractivity contribution in [1.29, 1.82) is 0 Å². The highest BCUT2D eigenvalue weighted by Crippen LogP contribution is 2.17. The zero-order valence-electron chi connectivity index (χ0n) is 8.28. The molecule has 0 heterocycles. The Labute approximate surface area is 80.4 Å². The van der Waals surface area contributed by atoms with Crippen molar-refractivity contribution < 1.29 is 13.5 Å². The molecule has 0 radical (unpaired) electrons. The summed E-state index contributed by atoms with van der Waals surface area (Å²) in [5, 5.41) is 9.70. The quantitative estimate of drug-likeness (QED) is 0.663. The summed E-state index contributed by atoms with van der Waals surface area (Å²) in [7, 11) is -2.97. The van der Waals surface area contributed by atoms with Crippen LogP contribution in [0.3, 0.4) is 0 Å². The summed E-state index contributed by atoms with van der Waals surface area (Å²) in [5.74, 6) is 0.0388. The predicted octanol–water partition coefficient (Wildman–Crippen LogP) is 1.14. The average Bonchev–Trinajstić information content (AvgIpc) is 1.97. The molecule has 0 aromatic carbocycles. The van der Waals surface area contributed by atoms with E-state index < -0.39 is 15.4 Å². The third kappa shape index (κ3) is 7.99. The molecule has 1 atom stereocenters. The van der Waals surface area contributed by atoms with Crippen molar-refractivity contribution in [1.82, 2.24) is 0 Å². The molecular weight excluding hydrogens is 188 g/mol. The second-order valence-corrected chi connectivity index (χ2v) is 5.96. The average molecular weight is 206 g/mol. The Morgan fingerprint density at radius 1 is 1.46 bits per heavy atom. The van der Waals surface area contributed by atoms with Gasteiger partial charge in [0.15, 0.2) is 0 Å². The van der Waals surface area contributed by atoms with Crippen LogP contribution in [0.25, 0.3) is 0 Å². The van der Waals surface area contributed by atoms with Gasteiger partial charge in [0.05, 0.1) is 11.4 Å². The van der Waals surface area contributed by atoms with Crippen LogP contribution in [0, 0.1) is 0 Å². The maximum atomic E-state index is 10.8. The first-order valence-electron chi connectivity index (χ1n) is 4.28. The van der Waals surface area contributed by atoms with Crippen LogP contribution in [0.5, 0.6) is 0 Å². The van der Waals surface area contributed by atoms with Crippen LogP contribution in [0.2, 0.25) is 0 Å². The zero-order chi connectivity index (χ0) is 10.5. The summed E-state index contributed by atoms with van der Waals surface area (Å²) in [6.45, 7) is 5.20. The SMILES string of the molecule is C=CCCC(C)(O)CCS(C)(=O)=O. The highest BCUT2D eigenvalue weighted by molar-refractivity contribution is 7.90. The molecule has 1 unspecified atom stereocenters. The van der Waals surface area contributed by atoms with Gasteiger partial charge >= 0.3 is 0 Å². The highest BCUT2D eigenvalue weighted by Gasteiger charge is 2.20.